The highest BCUT2D eigenvalue weighted by molar-refractivity contribution is 7.99. The molecule has 2 amide bonds. The Morgan fingerprint density at radius 3 is 2.74 bits per heavy atom. The molecule has 168 valence electrons. The fourth-order valence-electron chi connectivity index (χ4n) is 3.96. The zero-order valence-electron chi connectivity index (χ0n) is 17.8. The Labute approximate surface area is 189 Å². The lowest BCUT2D eigenvalue weighted by Gasteiger charge is -2.28. The minimum absolute atomic E-state index is 0.181. The van der Waals surface area contributed by atoms with Crippen molar-refractivity contribution in [3.8, 4) is 0 Å². The number of nitrogens with zero attached hydrogens (tertiary/aromatic N) is 4. The summed E-state index contributed by atoms with van der Waals surface area (Å²) in [4.78, 5) is 27.9. The maximum Gasteiger partial charge on any atom is 0.251 e. The first-order valence-corrected chi connectivity index (χ1v) is 12.4. The van der Waals surface area contributed by atoms with Crippen molar-refractivity contribution in [2.45, 2.75) is 44.8 Å². The number of anilines is 2. The van der Waals surface area contributed by atoms with Crippen LogP contribution in [-0.2, 0) is 28.9 Å². The van der Waals surface area contributed by atoms with Crippen LogP contribution >= 0.6 is 23.1 Å². The summed E-state index contributed by atoms with van der Waals surface area (Å²) in [5, 5.41) is 12.9. The number of primary amides is 1. The Kier molecular flexibility index (Phi) is 6.83. The molecule has 2 aromatic rings. The molecule has 0 bridgehead atoms. The van der Waals surface area contributed by atoms with Crippen molar-refractivity contribution in [1.29, 1.82) is 0 Å². The molecule has 0 saturated carbocycles. The fourth-order valence-corrected chi connectivity index (χ4v) is 6.01. The van der Waals surface area contributed by atoms with Crippen LogP contribution in [0, 0.1) is 5.92 Å². The zero-order chi connectivity index (χ0) is 22.0. The zero-order valence-corrected chi connectivity index (χ0v) is 19.5. The Morgan fingerprint density at radius 2 is 2.03 bits per heavy atom. The number of ether oxygens (including phenoxy) is 1. The summed E-state index contributed by atoms with van der Waals surface area (Å²) in [6, 6.07) is 0. The molecular weight excluding hydrogens is 436 g/mol. The molecule has 9 nitrogen and oxygen atoms in total. The average Bonchev–Trinajstić information content (AvgIpc) is 3.41. The maximum absolute atomic E-state index is 12.7. The number of aromatic nitrogens is 3. The number of carbonyl (C=O) groups is 2. The maximum atomic E-state index is 12.7. The summed E-state index contributed by atoms with van der Waals surface area (Å²) >= 11 is 2.82. The lowest BCUT2D eigenvalue weighted by atomic mass is 10.1. The summed E-state index contributed by atoms with van der Waals surface area (Å²) in [5.41, 5.74) is 7.08. The Morgan fingerprint density at radius 1 is 1.26 bits per heavy atom. The lowest BCUT2D eigenvalue weighted by molar-refractivity contribution is -0.113. The number of thiophene rings is 1. The number of rotatable bonds is 8. The number of nitrogens with one attached hydrogen (secondary N) is 1. The lowest BCUT2D eigenvalue weighted by Crippen LogP contribution is -2.38. The van der Waals surface area contributed by atoms with E-state index in [1.54, 1.807) is 0 Å². The van der Waals surface area contributed by atoms with Crippen molar-refractivity contribution in [3.63, 3.8) is 0 Å². The number of nitrogens with two attached hydrogens (primary N) is 1. The molecule has 11 heteroatoms. The summed E-state index contributed by atoms with van der Waals surface area (Å²) in [5.74, 6) is 0.759. The highest BCUT2D eigenvalue weighted by Gasteiger charge is 2.26. The number of hydrogen-bond donors (Lipinski definition) is 2. The molecule has 1 aliphatic heterocycles. The molecule has 2 aromatic heterocycles. The van der Waals surface area contributed by atoms with Gasteiger partial charge >= 0.3 is 0 Å². The highest BCUT2D eigenvalue weighted by Crippen LogP contribution is 2.39. The van der Waals surface area contributed by atoms with E-state index in [9.17, 15) is 9.59 Å². The van der Waals surface area contributed by atoms with Gasteiger partial charge in [-0.25, -0.2) is 0 Å². The highest BCUT2D eigenvalue weighted by atomic mass is 32.2. The molecule has 2 aliphatic rings. The smallest absolute Gasteiger partial charge is 0.251 e. The van der Waals surface area contributed by atoms with Crippen LogP contribution in [0.1, 0.15) is 41.1 Å². The Bertz CT molecular complexity index is 965. The van der Waals surface area contributed by atoms with Gasteiger partial charge in [0.25, 0.3) is 5.91 Å². The third-order valence-electron chi connectivity index (χ3n) is 5.29. The van der Waals surface area contributed by atoms with Crippen LogP contribution in [0.25, 0.3) is 0 Å². The molecule has 0 atom stereocenters. The van der Waals surface area contributed by atoms with Gasteiger partial charge in [-0.05, 0) is 30.7 Å². The van der Waals surface area contributed by atoms with E-state index in [2.05, 4.69) is 38.8 Å². The third-order valence-corrected chi connectivity index (χ3v) is 7.47. The largest absolute Gasteiger partial charge is 0.378 e. The quantitative estimate of drug-likeness (QED) is 0.575. The summed E-state index contributed by atoms with van der Waals surface area (Å²) < 4.78 is 7.53. The van der Waals surface area contributed by atoms with Gasteiger partial charge in [0.2, 0.25) is 11.9 Å². The van der Waals surface area contributed by atoms with Crippen LogP contribution < -0.4 is 16.0 Å². The van der Waals surface area contributed by atoms with Crippen LogP contribution in [0.3, 0.4) is 0 Å². The van der Waals surface area contributed by atoms with Crippen molar-refractivity contribution < 1.29 is 14.3 Å². The van der Waals surface area contributed by atoms with E-state index >= 15 is 0 Å². The van der Waals surface area contributed by atoms with Crippen molar-refractivity contribution in [1.82, 2.24) is 14.8 Å². The summed E-state index contributed by atoms with van der Waals surface area (Å²) in [6.07, 6.45) is 2.81. The van der Waals surface area contributed by atoms with E-state index in [-0.39, 0.29) is 11.7 Å². The molecule has 0 radical (unpaired) electrons. The predicted molar refractivity (Wildman–Crippen MR) is 122 cm³/mol. The van der Waals surface area contributed by atoms with E-state index < -0.39 is 5.91 Å². The number of thioether (sulfide) groups is 1. The first-order valence-electron chi connectivity index (χ1n) is 10.6. The van der Waals surface area contributed by atoms with Gasteiger partial charge in [-0.15, -0.1) is 21.5 Å². The number of morpholine rings is 1. The van der Waals surface area contributed by atoms with Crippen molar-refractivity contribution >= 4 is 45.9 Å². The van der Waals surface area contributed by atoms with Gasteiger partial charge in [0.05, 0.1) is 24.5 Å². The number of hydrogen-bond acceptors (Lipinski definition) is 8. The molecule has 3 heterocycles. The van der Waals surface area contributed by atoms with Gasteiger partial charge < -0.3 is 20.7 Å². The van der Waals surface area contributed by atoms with Gasteiger partial charge in [-0.3, -0.25) is 14.2 Å². The molecule has 4 rings (SSSR count). The standard InChI is InChI=1S/C20H28N6O3S2/c1-12(2)10-26-19(25-6-8-29-9-7-25)23-24-20(26)30-11-15(27)22-18-16(17(21)28)13-4-3-5-14(13)31-18/h12H,3-11H2,1-2H3,(H2,21,28)(H,22,27). The van der Waals surface area contributed by atoms with E-state index in [0.29, 0.717) is 34.9 Å². The SMILES string of the molecule is CC(C)Cn1c(SCC(=O)Nc2sc3c(c2C(N)=O)CCC3)nnc1N1CCOCC1. The summed E-state index contributed by atoms with van der Waals surface area (Å²) in [6.45, 7) is 7.96. The molecule has 0 unspecified atom stereocenters. The second kappa shape index (κ2) is 9.58. The second-order valence-electron chi connectivity index (χ2n) is 8.15. The Hall–Kier alpha value is -2.11. The van der Waals surface area contributed by atoms with E-state index in [1.807, 2.05) is 0 Å². The van der Waals surface area contributed by atoms with Crippen LogP contribution in [-0.4, -0.2) is 58.6 Å². The molecule has 0 aromatic carbocycles. The minimum atomic E-state index is -0.478. The first kappa shape index (κ1) is 22.1. The average molecular weight is 465 g/mol. The van der Waals surface area contributed by atoms with Crippen LogP contribution in [0.4, 0.5) is 10.9 Å². The van der Waals surface area contributed by atoms with Gasteiger partial charge in [-0.2, -0.15) is 0 Å². The monoisotopic (exact) mass is 464 g/mol. The number of fused-ring (bicyclic) bond motifs is 1. The van der Waals surface area contributed by atoms with Crippen LogP contribution in [0.5, 0.6) is 0 Å². The van der Waals surface area contributed by atoms with Gasteiger partial charge in [0, 0.05) is 24.5 Å². The molecular formula is C20H28N6O3S2. The molecule has 1 fully saturated rings. The number of carbonyl (C=O) groups excluding carboxylic acids is 2. The normalized spacial score (nSPS) is 16.0. The van der Waals surface area contributed by atoms with Crippen molar-refractivity contribution in [2.75, 3.05) is 42.3 Å². The van der Waals surface area contributed by atoms with Crippen molar-refractivity contribution in [3.05, 3.63) is 16.0 Å². The van der Waals surface area contributed by atoms with Gasteiger partial charge in [-0.1, -0.05) is 25.6 Å². The molecule has 1 saturated heterocycles. The number of aryl methyl sites for hydroxylation is 1. The second-order valence-corrected chi connectivity index (χ2v) is 10.2. The molecule has 0 spiro atoms. The predicted octanol–water partition coefficient (Wildman–Crippen LogP) is 2.15. The summed E-state index contributed by atoms with van der Waals surface area (Å²) in [7, 11) is 0. The van der Waals surface area contributed by atoms with E-state index in [4.69, 9.17) is 10.5 Å². The number of amides is 2. The molecule has 1 aliphatic carbocycles. The van der Waals surface area contributed by atoms with Gasteiger partial charge in [0.1, 0.15) is 5.00 Å². The van der Waals surface area contributed by atoms with Crippen LogP contribution in [0.2, 0.25) is 0 Å². The van der Waals surface area contributed by atoms with Crippen molar-refractivity contribution in [2.24, 2.45) is 11.7 Å². The topological polar surface area (TPSA) is 115 Å². The third kappa shape index (κ3) is 4.88. The minimum Gasteiger partial charge on any atom is -0.378 e. The fraction of sp³-hybridized carbons (Fsp3) is 0.600. The van der Waals surface area contributed by atoms with Crippen LogP contribution in [0.15, 0.2) is 5.16 Å². The first-order chi connectivity index (χ1) is 14.9. The van der Waals surface area contributed by atoms with E-state index in [0.717, 1.165) is 55.3 Å². The van der Waals surface area contributed by atoms with Gasteiger partial charge in [0.15, 0.2) is 5.16 Å². The molecule has 3 N–H and O–H groups in total. The molecule has 31 heavy (non-hydrogen) atoms. The van der Waals surface area contributed by atoms with E-state index in [1.165, 1.54) is 23.1 Å². The Balaban J connectivity index is 1.45.